The molecule has 1 aliphatic rings. The van der Waals surface area contributed by atoms with Crippen molar-refractivity contribution in [2.75, 3.05) is 12.3 Å². The van der Waals surface area contributed by atoms with Gasteiger partial charge in [0.15, 0.2) is 17.7 Å². The molecular weight excluding hydrogens is 318 g/mol. The first-order valence-electron chi connectivity index (χ1n) is 7.34. The van der Waals surface area contributed by atoms with Crippen LogP contribution in [0, 0.1) is 0 Å². The van der Waals surface area contributed by atoms with Gasteiger partial charge < -0.3 is 19.9 Å². The first-order valence-corrected chi connectivity index (χ1v) is 7.34. The SMILES string of the molecule is CC(=O)OC[C@@H]1C[C@@H](OC(C)=O)C(n2cnc3c(N)ncnc32)O1. The number of nitrogens with two attached hydrogens (primary N) is 1. The summed E-state index contributed by atoms with van der Waals surface area (Å²) >= 11 is 0. The Morgan fingerprint density at radius 1 is 1.33 bits per heavy atom. The molecule has 0 spiro atoms. The average molecular weight is 335 g/mol. The summed E-state index contributed by atoms with van der Waals surface area (Å²) in [5, 5.41) is 0. The fourth-order valence-corrected chi connectivity index (χ4v) is 2.65. The highest BCUT2D eigenvalue weighted by Crippen LogP contribution is 2.33. The average Bonchev–Trinajstić information content (AvgIpc) is 3.09. The number of fused-ring (bicyclic) bond motifs is 1. The van der Waals surface area contributed by atoms with E-state index in [1.807, 2.05) is 0 Å². The van der Waals surface area contributed by atoms with Crippen molar-refractivity contribution in [2.24, 2.45) is 0 Å². The fraction of sp³-hybridized carbons (Fsp3) is 0.500. The number of imidazole rings is 1. The van der Waals surface area contributed by atoms with Crippen LogP contribution in [0.5, 0.6) is 0 Å². The van der Waals surface area contributed by atoms with Crippen LogP contribution in [0.1, 0.15) is 26.5 Å². The lowest BCUT2D eigenvalue weighted by molar-refractivity contribution is -0.152. The van der Waals surface area contributed by atoms with Gasteiger partial charge in [-0.3, -0.25) is 14.2 Å². The van der Waals surface area contributed by atoms with E-state index in [1.165, 1.54) is 26.5 Å². The Morgan fingerprint density at radius 2 is 2.12 bits per heavy atom. The molecule has 0 saturated carbocycles. The van der Waals surface area contributed by atoms with Gasteiger partial charge in [-0.1, -0.05) is 0 Å². The number of carbonyl (C=O) groups excluding carboxylic acids is 2. The first kappa shape index (κ1) is 16.1. The lowest BCUT2D eigenvalue weighted by atomic mass is 10.2. The molecule has 0 aromatic carbocycles. The van der Waals surface area contributed by atoms with Crippen molar-refractivity contribution in [3.8, 4) is 0 Å². The van der Waals surface area contributed by atoms with Crippen LogP contribution in [0.25, 0.3) is 11.2 Å². The van der Waals surface area contributed by atoms with Gasteiger partial charge in [0.2, 0.25) is 0 Å². The van der Waals surface area contributed by atoms with Crippen LogP contribution in [0.15, 0.2) is 12.7 Å². The maximum atomic E-state index is 11.4. The number of esters is 2. The van der Waals surface area contributed by atoms with Crippen molar-refractivity contribution < 1.29 is 23.8 Å². The molecule has 0 radical (unpaired) electrons. The van der Waals surface area contributed by atoms with Crippen LogP contribution in [-0.2, 0) is 23.8 Å². The third-order valence-electron chi connectivity index (χ3n) is 3.60. The molecule has 0 amide bonds. The number of hydrogen-bond donors (Lipinski definition) is 1. The van der Waals surface area contributed by atoms with E-state index in [4.69, 9.17) is 19.9 Å². The molecule has 2 aromatic heterocycles. The van der Waals surface area contributed by atoms with Gasteiger partial charge in [0.05, 0.1) is 12.4 Å². The highest BCUT2D eigenvalue weighted by molar-refractivity contribution is 5.81. The Labute approximate surface area is 136 Å². The van der Waals surface area contributed by atoms with Gasteiger partial charge in [-0.2, -0.15) is 0 Å². The topological polar surface area (TPSA) is 131 Å². The van der Waals surface area contributed by atoms with Crippen LogP contribution in [0.4, 0.5) is 5.82 Å². The van der Waals surface area contributed by atoms with E-state index in [2.05, 4.69) is 15.0 Å². The van der Waals surface area contributed by atoms with Crippen molar-refractivity contribution in [1.29, 1.82) is 0 Å². The van der Waals surface area contributed by atoms with Crippen molar-refractivity contribution in [3.63, 3.8) is 0 Å². The molecule has 10 nitrogen and oxygen atoms in total. The van der Waals surface area contributed by atoms with Crippen molar-refractivity contribution in [2.45, 2.75) is 38.7 Å². The molecule has 0 bridgehead atoms. The second-order valence-corrected chi connectivity index (χ2v) is 5.42. The molecule has 0 aliphatic carbocycles. The minimum atomic E-state index is -0.645. The largest absolute Gasteiger partial charge is 0.463 e. The van der Waals surface area contributed by atoms with Crippen molar-refractivity contribution in [3.05, 3.63) is 12.7 Å². The molecule has 1 saturated heterocycles. The van der Waals surface area contributed by atoms with Crippen molar-refractivity contribution in [1.82, 2.24) is 19.5 Å². The maximum absolute atomic E-state index is 11.4. The summed E-state index contributed by atoms with van der Waals surface area (Å²) in [6, 6.07) is 0. The summed E-state index contributed by atoms with van der Waals surface area (Å²) in [5.74, 6) is -0.586. The molecule has 1 aliphatic heterocycles. The van der Waals surface area contributed by atoms with E-state index in [1.54, 1.807) is 4.57 Å². The van der Waals surface area contributed by atoms with Crippen LogP contribution in [-0.4, -0.2) is 50.3 Å². The molecular formula is C14H17N5O5. The fourth-order valence-electron chi connectivity index (χ4n) is 2.65. The third-order valence-corrected chi connectivity index (χ3v) is 3.60. The highest BCUT2D eigenvalue weighted by atomic mass is 16.6. The molecule has 24 heavy (non-hydrogen) atoms. The van der Waals surface area contributed by atoms with Crippen LogP contribution in [0.2, 0.25) is 0 Å². The van der Waals surface area contributed by atoms with Crippen LogP contribution in [0.3, 0.4) is 0 Å². The number of carbonyl (C=O) groups is 2. The van der Waals surface area contributed by atoms with E-state index in [0.717, 1.165) is 0 Å². The Hall–Kier alpha value is -2.75. The molecule has 2 N–H and O–H groups in total. The van der Waals surface area contributed by atoms with Gasteiger partial charge in [0.25, 0.3) is 0 Å². The molecule has 1 unspecified atom stereocenters. The second kappa shape index (κ2) is 6.40. The Kier molecular flexibility index (Phi) is 4.30. The van der Waals surface area contributed by atoms with E-state index >= 15 is 0 Å². The van der Waals surface area contributed by atoms with Gasteiger partial charge in [-0.25, -0.2) is 15.0 Å². The third kappa shape index (κ3) is 3.13. The predicted octanol–water partition coefficient (Wildman–Crippen LogP) is 0.191. The molecule has 3 rings (SSSR count). The number of ether oxygens (including phenoxy) is 3. The van der Waals surface area contributed by atoms with Gasteiger partial charge in [0.1, 0.15) is 24.6 Å². The lowest BCUT2D eigenvalue weighted by Crippen LogP contribution is -2.24. The number of hydrogen-bond acceptors (Lipinski definition) is 9. The summed E-state index contributed by atoms with van der Waals surface area (Å²) in [6.45, 7) is 2.72. The smallest absolute Gasteiger partial charge is 0.303 e. The van der Waals surface area contributed by atoms with Crippen LogP contribution >= 0.6 is 0 Å². The number of aromatic nitrogens is 4. The Morgan fingerprint density at radius 3 is 2.83 bits per heavy atom. The molecule has 2 aromatic rings. The van der Waals surface area contributed by atoms with Crippen molar-refractivity contribution >= 4 is 28.9 Å². The minimum absolute atomic E-state index is 0.0767. The molecule has 10 heteroatoms. The van der Waals surface area contributed by atoms with Gasteiger partial charge in [-0.05, 0) is 0 Å². The maximum Gasteiger partial charge on any atom is 0.303 e. The monoisotopic (exact) mass is 335 g/mol. The molecule has 3 heterocycles. The Balaban J connectivity index is 1.88. The minimum Gasteiger partial charge on any atom is -0.463 e. The van der Waals surface area contributed by atoms with Gasteiger partial charge >= 0.3 is 11.9 Å². The van der Waals surface area contributed by atoms with E-state index < -0.39 is 30.4 Å². The highest BCUT2D eigenvalue weighted by Gasteiger charge is 2.40. The summed E-state index contributed by atoms with van der Waals surface area (Å²) in [6.07, 6.45) is 1.61. The zero-order valence-electron chi connectivity index (χ0n) is 13.2. The second-order valence-electron chi connectivity index (χ2n) is 5.42. The summed E-state index contributed by atoms with van der Waals surface area (Å²) in [7, 11) is 0. The number of nitrogens with zero attached hydrogens (tertiary/aromatic N) is 4. The van der Waals surface area contributed by atoms with Gasteiger partial charge in [-0.15, -0.1) is 0 Å². The summed E-state index contributed by atoms with van der Waals surface area (Å²) in [5.41, 5.74) is 6.69. The molecule has 128 valence electrons. The summed E-state index contributed by atoms with van der Waals surface area (Å²) < 4.78 is 17.8. The Bertz CT molecular complexity index is 776. The number of nitrogen functional groups attached to an aromatic ring is 1. The predicted molar refractivity (Wildman–Crippen MR) is 80.4 cm³/mol. The van der Waals surface area contributed by atoms with E-state index in [0.29, 0.717) is 17.6 Å². The van der Waals surface area contributed by atoms with Gasteiger partial charge in [0, 0.05) is 20.3 Å². The lowest BCUT2D eigenvalue weighted by Gasteiger charge is -2.19. The quantitative estimate of drug-likeness (QED) is 0.777. The van der Waals surface area contributed by atoms with E-state index in [-0.39, 0.29) is 12.4 Å². The first-order chi connectivity index (χ1) is 11.5. The standard InChI is InChI=1S/C14H17N5O5/c1-7(20)22-4-9-3-10(23-8(2)21)14(24-9)19-6-18-11-12(15)16-5-17-13(11)19/h5-6,9-10,14H,3-4H2,1-2H3,(H2,15,16,17)/t9-,10+,14?/m0/s1. The molecule has 1 fully saturated rings. The normalized spacial score (nSPS) is 23.3. The van der Waals surface area contributed by atoms with E-state index in [9.17, 15) is 9.59 Å². The number of rotatable bonds is 4. The summed E-state index contributed by atoms with van der Waals surface area (Å²) in [4.78, 5) is 34.6. The number of anilines is 1. The van der Waals surface area contributed by atoms with Crippen LogP contribution < -0.4 is 5.73 Å². The molecule has 3 atom stereocenters. The zero-order valence-corrected chi connectivity index (χ0v) is 13.2. The zero-order chi connectivity index (χ0) is 17.3.